The Labute approximate surface area is 63.2 Å². The van der Waals surface area contributed by atoms with E-state index in [1.165, 1.54) is 0 Å². The van der Waals surface area contributed by atoms with Crippen LogP contribution in [0.4, 0.5) is 4.79 Å². The summed E-state index contributed by atoms with van der Waals surface area (Å²) < 4.78 is 4.44. The lowest BCUT2D eigenvalue weighted by molar-refractivity contribution is 0.147. The zero-order valence-electron chi connectivity index (χ0n) is 5.73. The molecule has 1 heterocycles. The molecule has 58 valence electrons. The van der Waals surface area contributed by atoms with Crippen molar-refractivity contribution in [3.05, 3.63) is 24.3 Å². The Morgan fingerprint density at radius 1 is 1.55 bits per heavy atom. The predicted molar refractivity (Wildman–Crippen MR) is 36.4 cm³/mol. The molecule has 1 aromatic heterocycles. The molecule has 5 heteroatoms. The molecule has 11 heavy (non-hydrogen) atoms. The summed E-state index contributed by atoms with van der Waals surface area (Å²) in [6.07, 6.45) is 2.30. The topological polar surface area (TPSA) is 78.1 Å². The van der Waals surface area contributed by atoms with Crippen molar-refractivity contribution in [2.45, 2.75) is 6.61 Å². The van der Waals surface area contributed by atoms with Crippen molar-refractivity contribution < 1.29 is 9.53 Å². The smallest absolute Gasteiger partial charge is 0.404 e. The second-order valence-corrected chi connectivity index (χ2v) is 1.77. The van der Waals surface area contributed by atoms with Crippen molar-refractivity contribution in [1.29, 1.82) is 0 Å². The number of hydrogen-bond acceptors (Lipinski definition) is 4. The predicted octanol–water partition coefficient (Wildman–Crippen LogP) is 0.0719. The number of rotatable bonds is 2. The fourth-order valence-electron chi connectivity index (χ4n) is 0.540. The Kier molecular flexibility index (Phi) is 2.37. The number of carbonyl (C=O) groups is 1. The highest BCUT2D eigenvalue weighted by Gasteiger charge is 1.96. The number of carbonyl (C=O) groups excluding carboxylic acids is 1. The molecule has 0 unspecified atom stereocenters. The maximum absolute atomic E-state index is 10.1. The van der Waals surface area contributed by atoms with Gasteiger partial charge in [0, 0.05) is 12.4 Å². The van der Waals surface area contributed by atoms with Gasteiger partial charge in [0.1, 0.15) is 0 Å². The lowest BCUT2D eigenvalue weighted by Crippen LogP contribution is -2.13. The standard InChI is InChI=1S/C6H7N3O2/c7-6(10)11-4-5-8-2-1-3-9-5/h1-3H,4H2,(H2,7,10). The first-order chi connectivity index (χ1) is 5.29. The Morgan fingerprint density at radius 2 is 2.18 bits per heavy atom. The third-order valence-corrected chi connectivity index (χ3v) is 0.963. The van der Waals surface area contributed by atoms with Crippen LogP contribution < -0.4 is 5.73 Å². The van der Waals surface area contributed by atoms with E-state index in [0.29, 0.717) is 5.82 Å². The number of nitrogens with two attached hydrogens (primary N) is 1. The minimum Gasteiger partial charge on any atom is -0.441 e. The molecule has 0 bridgehead atoms. The third kappa shape index (κ3) is 2.61. The molecule has 1 amide bonds. The average Bonchev–Trinajstić information content (AvgIpc) is 2.03. The minimum absolute atomic E-state index is 0.0240. The molecule has 1 aromatic rings. The lowest BCUT2D eigenvalue weighted by Gasteiger charge is -1.97. The molecule has 2 N–H and O–H groups in total. The highest BCUT2D eigenvalue weighted by atomic mass is 16.5. The second-order valence-electron chi connectivity index (χ2n) is 1.77. The average molecular weight is 153 g/mol. The zero-order valence-corrected chi connectivity index (χ0v) is 5.73. The number of aromatic nitrogens is 2. The number of ether oxygens (including phenoxy) is 1. The molecular formula is C6H7N3O2. The molecule has 0 saturated heterocycles. The van der Waals surface area contributed by atoms with Crippen LogP contribution in [0.15, 0.2) is 18.5 Å². The van der Waals surface area contributed by atoms with Gasteiger partial charge in [-0.1, -0.05) is 0 Å². The molecule has 1 rings (SSSR count). The van der Waals surface area contributed by atoms with Crippen molar-refractivity contribution in [2.24, 2.45) is 5.73 Å². The van der Waals surface area contributed by atoms with Gasteiger partial charge < -0.3 is 10.5 Å². The van der Waals surface area contributed by atoms with Gasteiger partial charge in [0.05, 0.1) is 0 Å². The number of amides is 1. The first kappa shape index (κ1) is 7.46. The molecule has 0 spiro atoms. The molecule has 0 atom stereocenters. The van der Waals surface area contributed by atoms with Gasteiger partial charge >= 0.3 is 6.09 Å². The zero-order chi connectivity index (χ0) is 8.10. The molecule has 0 aromatic carbocycles. The molecule has 0 saturated carbocycles. The van der Waals surface area contributed by atoms with Crippen LogP contribution in [0.1, 0.15) is 5.82 Å². The van der Waals surface area contributed by atoms with E-state index < -0.39 is 6.09 Å². The van der Waals surface area contributed by atoms with Crippen LogP contribution in [0, 0.1) is 0 Å². The lowest BCUT2D eigenvalue weighted by atomic mass is 10.6. The molecular weight excluding hydrogens is 146 g/mol. The van der Waals surface area contributed by atoms with Crippen LogP contribution in [0.2, 0.25) is 0 Å². The van der Waals surface area contributed by atoms with E-state index in [1.807, 2.05) is 0 Å². The monoisotopic (exact) mass is 153 g/mol. The Bertz CT molecular complexity index is 237. The van der Waals surface area contributed by atoms with Crippen molar-refractivity contribution in [3.8, 4) is 0 Å². The van der Waals surface area contributed by atoms with Gasteiger partial charge in [-0.05, 0) is 6.07 Å². The van der Waals surface area contributed by atoms with E-state index in [-0.39, 0.29) is 6.61 Å². The summed E-state index contributed by atoms with van der Waals surface area (Å²) in [7, 11) is 0. The van der Waals surface area contributed by atoms with Crippen molar-refractivity contribution in [2.75, 3.05) is 0 Å². The number of primary amides is 1. The highest BCUT2D eigenvalue weighted by molar-refractivity contribution is 5.64. The highest BCUT2D eigenvalue weighted by Crippen LogP contribution is 1.89. The SMILES string of the molecule is NC(=O)OCc1ncccn1. The fourth-order valence-corrected chi connectivity index (χ4v) is 0.540. The van der Waals surface area contributed by atoms with E-state index in [1.54, 1.807) is 18.5 Å². The number of nitrogens with zero attached hydrogens (tertiary/aromatic N) is 2. The van der Waals surface area contributed by atoms with Crippen LogP contribution in [0.3, 0.4) is 0 Å². The van der Waals surface area contributed by atoms with Gasteiger partial charge in [-0.15, -0.1) is 0 Å². The Hall–Kier alpha value is -1.65. The van der Waals surface area contributed by atoms with Gasteiger partial charge in [0.15, 0.2) is 12.4 Å². The molecule has 5 nitrogen and oxygen atoms in total. The Morgan fingerprint density at radius 3 is 2.73 bits per heavy atom. The summed E-state index contributed by atoms with van der Waals surface area (Å²) in [6, 6.07) is 1.67. The summed E-state index contributed by atoms with van der Waals surface area (Å²) >= 11 is 0. The van der Waals surface area contributed by atoms with Crippen molar-refractivity contribution >= 4 is 6.09 Å². The quantitative estimate of drug-likeness (QED) is 0.652. The molecule has 0 radical (unpaired) electrons. The van der Waals surface area contributed by atoms with Crippen LogP contribution in [-0.2, 0) is 11.3 Å². The number of hydrogen-bond donors (Lipinski definition) is 1. The summed E-state index contributed by atoms with van der Waals surface area (Å²) in [5.74, 6) is 0.436. The van der Waals surface area contributed by atoms with Crippen LogP contribution in [0.5, 0.6) is 0 Å². The molecule has 0 aliphatic carbocycles. The van der Waals surface area contributed by atoms with Crippen LogP contribution >= 0.6 is 0 Å². The summed E-state index contributed by atoms with van der Waals surface area (Å²) in [6.45, 7) is 0.0240. The summed E-state index contributed by atoms with van der Waals surface area (Å²) in [4.78, 5) is 17.7. The summed E-state index contributed by atoms with van der Waals surface area (Å²) in [5, 5.41) is 0. The van der Waals surface area contributed by atoms with E-state index in [9.17, 15) is 4.79 Å². The maximum Gasteiger partial charge on any atom is 0.404 e. The van der Waals surface area contributed by atoms with E-state index >= 15 is 0 Å². The normalized spacial score (nSPS) is 9.09. The molecule has 0 aliphatic rings. The van der Waals surface area contributed by atoms with Crippen LogP contribution in [-0.4, -0.2) is 16.1 Å². The maximum atomic E-state index is 10.1. The largest absolute Gasteiger partial charge is 0.441 e. The fraction of sp³-hybridized carbons (Fsp3) is 0.167. The van der Waals surface area contributed by atoms with Gasteiger partial charge in [-0.2, -0.15) is 0 Å². The van der Waals surface area contributed by atoms with Crippen LogP contribution in [0.25, 0.3) is 0 Å². The molecule has 0 aliphatic heterocycles. The van der Waals surface area contributed by atoms with Gasteiger partial charge in [-0.3, -0.25) is 0 Å². The first-order valence-corrected chi connectivity index (χ1v) is 2.97. The first-order valence-electron chi connectivity index (χ1n) is 2.97. The second kappa shape index (κ2) is 3.50. The van der Waals surface area contributed by atoms with E-state index in [0.717, 1.165) is 0 Å². The van der Waals surface area contributed by atoms with Gasteiger partial charge in [0.2, 0.25) is 0 Å². The minimum atomic E-state index is -0.822. The van der Waals surface area contributed by atoms with Gasteiger partial charge in [0.25, 0.3) is 0 Å². The van der Waals surface area contributed by atoms with E-state index in [2.05, 4.69) is 14.7 Å². The van der Waals surface area contributed by atoms with Gasteiger partial charge in [-0.25, -0.2) is 14.8 Å². The van der Waals surface area contributed by atoms with Crippen molar-refractivity contribution in [3.63, 3.8) is 0 Å². The third-order valence-electron chi connectivity index (χ3n) is 0.963. The molecule has 0 fully saturated rings. The Balaban J connectivity index is 2.45. The van der Waals surface area contributed by atoms with E-state index in [4.69, 9.17) is 5.73 Å². The van der Waals surface area contributed by atoms with Crippen molar-refractivity contribution in [1.82, 2.24) is 9.97 Å². The summed E-state index contributed by atoms with van der Waals surface area (Å²) in [5.41, 5.74) is 4.72.